The molecule has 1 atom stereocenters. The molecule has 0 radical (unpaired) electrons. The molecule has 6 rings (SSSR count). The zero-order valence-corrected chi connectivity index (χ0v) is 26.9. The van der Waals surface area contributed by atoms with Gasteiger partial charge in [-0.3, -0.25) is 14.4 Å². The number of nitrogens with zero attached hydrogens (tertiary/aromatic N) is 6. The second-order valence-electron chi connectivity index (χ2n) is 12.0. The molecule has 1 N–H and O–H groups in total. The molecule has 2 aromatic heterocycles. The van der Waals surface area contributed by atoms with Gasteiger partial charge < -0.3 is 38.8 Å². The molecule has 0 saturated carbocycles. The van der Waals surface area contributed by atoms with Crippen molar-refractivity contribution in [3.05, 3.63) is 54.5 Å². The van der Waals surface area contributed by atoms with E-state index in [9.17, 15) is 14.4 Å². The Labute approximate surface area is 274 Å². The van der Waals surface area contributed by atoms with Gasteiger partial charge in [-0.05, 0) is 56.0 Å². The van der Waals surface area contributed by atoms with Crippen LogP contribution >= 0.6 is 0 Å². The maximum absolute atomic E-state index is 13.9. The molecule has 3 aliphatic rings. The number of methoxy groups -OCH3 is 1. The molecule has 13 heteroatoms. The minimum Gasteiger partial charge on any atom is -0.493 e. The highest BCUT2D eigenvalue weighted by Gasteiger charge is 2.30. The molecule has 1 unspecified atom stereocenters. The maximum atomic E-state index is 13.9. The van der Waals surface area contributed by atoms with Crippen LogP contribution in [0.25, 0.3) is 11.4 Å². The van der Waals surface area contributed by atoms with Gasteiger partial charge in [0.15, 0.2) is 11.5 Å². The van der Waals surface area contributed by atoms with Crippen molar-refractivity contribution in [2.45, 2.75) is 44.7 Å². The SMILES string of the molecule is COc1ccc2cc1OCCCN(C(=O)C1CCC(=O)N1)CCCCN(C(=O)c1ccc(N3CCOCC3)nc1)CCn1ccnc1-2. The van der Waals surface area contributed by atoms with Crippen molar-refractivity contribution in [2.75, 3.05) is 71.1 Å². The van der Waals surface area contributed by atoms with Crippen LogP contribution in [-0.4, -0.2) is 114 Å². The highest BCUT2D eigenvalue weighted by molar-refractivity contribution is 5.94. The van der Waals surface area contributed by atoms with E-state index < -0.39 is 6.04 Å². The minimum absolute atomic E-state index is 0.0712. The first-order chi connectivity index (χ1) is 23.0. The van der Waals surface area contributed by atoms with Crippen LogP contribution in [-0.2, 0) is 20.9 Å². The fourth-order valence-corrected chi connectivity index (χ4v) is 6.29. The number of aromatic nitrogens is 3. The molecule has 3 aromatic rings. The quantitative estimate of drug-likeness (QED) is 0.455. The molecule has 3 amide bonds. The van der Waals surface area contributed by atoms with E-state index in [1.807, 2.05) is 50.9 Å². The first kappa shape index (κ1) is 32.3. The Morgan fingerprint density at radius 2 is 1.72 bits per heavy atom. The molecule has 3 aliphatic heterocycles. The Hall–Kier alpha value is -4.65. The number of pyridine rings is 1. The Kier molecular flexibility index (Phi) is 10.5. The first-order valence-corrected chi connectivity index (χ1v) is 16.5. The van der Waals surface area contributed by atoms with Crippen LogP contribution in [0.15, 0.2) is 48.9 Å². The molecule has 0 spiro atoms. The van der Waals surface area contributed by atoms with E-state index in [-0.39, 0.29) is 17.7 Å². The second-order valence-corrected chi connectivity index (χ2v) is 12.0. The van der Waals surface area contributed by atoms with Crippen molar-refractivity contribution in [1.29, 1.82) is 0 Å². The first-order valence-electron chi connectivity index (χ1n) is 16.5. The molecular formula is C34H43N7O6. The number of nitrogens with one attached hydrogen (secondary N) is 1. The Bertz CT molecular complexity index is 1540. The Morgan fingerprint density at radius 3 is 2.47 bits per heavy atom. The predicted molar refractivity (Wildman–Crippen MR) is 174 cm³/mol. The van der Waals surface area contributed by atoms with Crippen LogP contribution in [0.4, 0.5) is 5.82 Å². The summed E-state index contributed by atoms with van der Waals surface area (Å²) < 4.78 is 19.2. The van der Waals surface area contributed by atoms with Gasteiger partial charge in [-0.2, -0.15) is 0 Å². The number of anilines is 1. The van der Waals surface area contributed by atoms with Crippen LogP contribution in [0.5, 0.6) is 11.5 Å². The third kappa shape index (κ3) is 7.84. The molecule has 1 aromatic carbocycles. The summed E-state index contributed by atoms with van der Waals surface area (Å²) >= 11 is 0. The molecule has 47 heavy (non-hydrogen) atoms. The van der Waals surface area contributed by atoms with Crippen LogP contribution in [0.1, 0.15) is 42.5 Å². The van der Waals surface area contributed by atoms with E-state index in [2.05, 4.69) is 20.2 Å². The number of carbonyl (C=O) groups is 3. The van der Waals surface area contributed by atoms with Crippen molar-refractivity contribution in [2.24, 2.45) is 0 Å². The summed E-state index contributed by atoms with van der Waals surface area (Å²) in [4.78, 5) is 54.3. The number of benzene rings is 1. The van der Waals surface area contributed by atoms with Crippen molar-refractivity contribution in [3.8, 4) is 22.9 Å². The van der Waals surface area contributed by atoms with Gasteiger partial charge in [0.2, 0.25) is 11.8 Å². The number of rotatable bonds is 4. The molecule has 13 nitrogen and oxygen atoms in total. The normalized spacial score (nSPS) is 19.7. The fraction of sp³-hybridized carbons (Fsp3) is 0.500. The highest BCUT2D eigenvalue weighted by Crippen LogP contribution is 2.32. The van der Waals surface area contributed by atoms with E-state index >= 15 is 0 Å². The van der Waals surface area contributed by atoms with Crippen molar-refractivity contribution < 1.29 is 28.6 Å². The zero-order chi connectivity index (χ0) is 32.6. The third-order valence-electron chi connectivity index (χ3n) is 8.91. The van der Waals surface area contributed by atoms with Crippen molar-refractivity contribution in [1.82, 2.24) is 29.7 Å². The van der Waals surface area contributed by atoms with Gasteiger partial charge >= 0.3 is 0 Å². The van der Waals surface area contributed by atoms with Gasteiger partial charge in [0.1, 0.15) is 17.7 Å². The van der Waals surface area contributed by atoms with E-state index in [0.717, 1.165) is 30.3 Å². The fourth-order valence-electron chi connectivity index (χ4n) is 6.29. The number of fused-ring (bicyclic) bond motifs is 4. The molecular weight excluding hydrogens is 602 g/mol. The van der Waals surface area contributed by atoms with Crippen molar-refractivity contribution >= 4 is 23.5 Å². The molecule has 2 fully saturated rings. The lowest BCUT2D eigenvalue weighted by Crippen LogP contribution is -2.45. The van der Waals surface area contributed by atoms with Gasteiger partial charge in [-0.1, -0.05) is 0 Å². The monoisotopic (exact) mass is 645 g/mol. The molecule has 2 saturated heterocycles. The number of ether oxygens (including phenoxy) is 3. The number of hydrogen-bond acceptors (Lipinski definition) is 9. The number of morpholine rings is 1. The average Bonchev–Trinajstić information content (AvgIpc) is 3.77. The van der Waals surface area contributed by atoms with Crippen LogP contribution in [0.2, 0.25) is 0 Å². The number of carbonyl (C=O) groups excluding carboxylic acids is 3. The topological polar surface area (TPSA) is 131 Å². The average molecular weight is 646 g/mol. The summed E-state index contributed by atoms with van der Waals surface area (Å²) in [5.41, 5.74) is 1.40. The van der Waals surface area contributed by atoms with Gasteiger partial charge in [0.25, 0.3) is 5.91 Å². The van der Waals surface area contributed by atoms with Crippen LogP contribution in [0.3, 0.4) is 0 Å². The van der Waals surface area contributed by atoms with Gasteiger partial charge in [0.05, 0.1) is 32.5 Å². The lowest BCUT2D eigenvalue weighted by atomic mass is 10.1. The summed E-state index contributed by atoms with van der Waals surface area (Å²) in [5, 5.41) is 2.81. The highest BCUT2D eigenvalue weighted by atomic mass is 16.5. The smallest absolute Gasteiger partial charge is 0.255 e. The van der Waals surface area contributed by atoms with Crippen LogP contribution in [0, 0.1) is 0 Å². The van der Waals surface area contributed by atoms with Gasteiger partial charge in [0, 0.05) is 76.4 Å². The van der Waals surface area contributed by atoms with E-state index in [4.69, 9.17) is 14.2 Å². The summed E-state index contributed by atoms with van der Waals surface area (Å²) in [6.07, 6.45) is 8.22. The summed E-state index contributed by atoms with van der Waals surface area (Å²) in [5.74, 6) is 2.55. The molecule has 0 aliphatic carbocycles. The zero-order valence-electron chi connectivity index (χ0n) is 26.9. The molecule has 2 bridgehead atoms. The number of amides is 3. The van der Waals surface area contributed by atoms with E-state index in [0.29, 0.717) is 102 Å². The predicted octanol–water partition coefficient (Wildman–Crippen LogP) is 2.60. The van der Waals surface area contributed by atoms with Gasteiger partial charge in [-0.15, -0.1) is 0 Å². The Morgan fingerprint density at radius 1 is 0.915 bits per heavy atom. The van der Waals surface area contributed by atoms with E-state index in [1.165, 1.54) is 0 Å². The number of imidazole rings is 1. The van der Waals surface area contributed by atoms with E-state index in [1.54, 1.807) is 19.5 Å². The number of hydrogen-bond donors (Lipinski definition) is 1. The summed E-state index contributed by atoms with van der Waals surface area (Å²) in [7, 11) is 1.60. The summed E-state index contributed by atoms with van der Waals surface area (Å²) in [6.45, 7) is 5.78. The third-order valence-corrected chi connectivity index (χ3v) is 8.91. The lowest BCUT2D eigenvalue weighted by Gasteiger charge is -2.28. The standard InChI is InChI=1S/C34H43N7O6/c1-45-28-8-5-25-23-29(28)47-20-4-14-40(34(44)27-7-10-31(42)37-27)12-2-3-13-41(17-16-39-15-11-35-32(25)39)33(43)26-6-9-30(36-24-26)38-18-21-46-22-19-38/h5-6,8-9,11,15,23-24,27H,2-4,7,10,12-14,16-22H2,1H3,(H,37,42). The second kappa shape index (κ2) is 15.3. The Balaban J connectivity index is 1.23. The largest absolute Gasteiger partial charge is 0.493 e. The lowest BCUT2D eigenvalue weighted by molar-refractivity contribution is -0.134. The van der Waals surface area contributed by atoms with Gasteiger partial charge in [-0.25, -0.2) is 9.97 Å². The summed E-state index contributed by atoms with van der Waals surface area (Å²) in [6, 6.07) is 8.97. The minimum atomic E-state index is -0.498. The molecule has 5 heterocycles. The van der Waals surface area contributed by atoms with Crippen molar-refractivity contribution in [3.63, 3.8) is 0 Å². The maximum Gasteiger partial charge on any atom is 0.255 e. The molecule has 250 valence electrons. The van der Waals surface area contributed by atoms with Crippen LogP contribution < -0.4 is 19.7 Å².